The molecule has 1 saturated heterocycles. The number of nitrogens with zero attached hydrogens (tertiary/aromatic N) is 3. The number of anilines is 2. The maximum atomic E-state index is 5.65. The zero-order chi connectivity index (χ0) is 13.0. The Kier molecular flexibility index (Phi) is 4.38. The maximum absolute atomic E-state index is 5.65. The Labute approximate surface area is 109 Å². The summed E-state index contributed by atoms with van der Waals surface area (Å²) in [6, 6.07) is 3.89. The third kappa shape index (κ3) is 3.34. The number of piperazine rings is 1. The number of pyridine rings is 1. The minimum Gasteiger partial charge on any atom is -0.397 e. The van der Waals surface area contributed by atoms with Crippen molar-refractivity contribution in [2.24, 2.45) is 0 Å². The first-order valence-corrected chi connectivity index (χ1v) is 6.40. The van der Waals surface area contributed by atoms with Crippen LogP contribution in [0.1, 0.15) is 6.92 Å². The average molecular weight is 250 g/mol. The normalized spacial score (nSPS) is 18.9. The Balaban J connectivity index is 1.84. The van der Waals surface area contributed by atoms with Gasteiger partial charge in [0.25, 0.3) is 0 Å². The third-order valence-corrected chi connectivity index (χ3v) is 3.38. The largest absolute Gasteiger partial charge is 0.397 e. The molecule has 2 N–H and O–H groups in total. The molecule has 18 heavy (non-hydrogen) atoms. The van der Waals surface area contributed by atoms with Gasteiger partial charge < -0.3 is 15.4 Å². The van der Waals surface area contributed by atoms with E-state index in [-0.39, 0.29) is 0 Å². The first-order valence-electron chi connectivity index (χ1n) is 6.40. The summed E-state index contributed by atoms with van der Waals surface area (Å²) in [6.45, 7) is 7.23. The second kappa shape index (κ2) is 6.02. The number of hydrogen-bond acceptors (Lipinski definition) is 5. The highest BCUT2D eigenvalue weighted by molar-refractivity contribution is 5.46. The molecule has 0 radical (unpaired) electrons. The molecule has 1 fully saturated rings. The van der Waals surface area contributed by atoms with Crippen LogP contribution in [-0.4, -0.2) is 55.8 Å². The van der Waals surface area contributed by atoms with Gasteiger partial charge in [-0.05, 0) is 19.1 Å². The lowest BCUT2D eigenvalue weighted by atomic mass is 10.2. The molecule has 5 heteroatoms. The van der Waals surface area contributed by atoms with Gasteiger partial charge in [0.15, 0.2) is 0 Å². The molecule has 1 aromatic rings. The molecule has 2 heterocycles. The summed E-state index contributed by atoms with van der Waals surface area (Å²) >= 11 is 0. The Morgan fingerprint density at radius 1 is 1.33 bits per heavy atom. The number of nitrogen functional groups attached to an aromatic ring is 1. The van der Waals surface area contributed by atoms with Gasteiger partial charge in [-0.2, -0.15) is 0 Å². The average Bonchev–Trinajstić information content (AvgIpc) is 2.40. The van der Waals surface area contributed by atoms with Crippen LogP contribution >= 0.6 is 0 Å². The summed E-state index contributed by atoms with van der Waals surface area (Å²) in [5.74, 6) is 1.02. The second-order valence-corrected chi connectivity index (χ2v) is 4.78. The molecule has 1 atom stereocenters. The van der Waals surface area contributed by atoms with Gasteiger partial charge in [-0.25, -0.2) is 4.98 Å². The molecule has 0 aliphatic carbocycles. The lowest BCUT2D eigenvalue weighted by Crippen LogP contribution is -2.48. The van der Waals surface area contributed by atoms with Crippen molar-refractivity contribution in [2.75, 3.05) is 50.5 Å². The molecule has 1 aromatic heterocycles. The van der Waals surface area contributed by atoms with Crippen molar-refractivity contribution in [1.29, 1.82) is 0 Å². The fraction of sp³-hybridized carbons (Fsp3) is 0.615. The predicted molar refractivity (Wildman–Crippen MR) is 73.8 cm³/mol. The summed E-state index contributed by atoms with van der Waals surface area (Å²) in [5.41, 5.74) is 6.36. The Hall–Kier alpha value is -1.33. The van der Waals surface area contributed by atoms with Crippen LogP contribution in [0.2, 0.25) is 0 Å². The van der Waals surface area contributed by atoms with E-state index in [1.807, 2.05) is 12.1 Å². The predicted octanol–water partition coefficient (Wildman–Crippen LogP) is 0.821. The molecule has 0 amide bonds. The van der Waals surface area contributed by atoms with Crippen LogP contribution in [0.3, 0.4) is 0 Å². The van der Waals surface area contributed by atoms with Gasteiger partial charge in [-0.15, -0.1) is 0 Å². The Bertz CT molecular complexity index is 360. The Morgan fingerprint density at radius 3 is 2.61 bits per heavy atom. The van der Waals surface area contributed by atoms with E-state index in [9.17, 15) is 0 Å². The summed E-state index contributed by atoms with van der Waals surface area (Å²) in [7, 11) is 1.76. The number of nitrogens with two attached hydrogens (primary N) is 1. The van der Waals surface area contributed by atoms with Crippen LogP contribution in [-0.2, 0) is 4.74 Å². The summed E-state index contributed by atoms with van der Waals surface area (Å²) in [5, 5.41) is 0. The van der Waals surface area contributed by atoms with Gasteiger partial charge in [0.1, 0.15) is 5.82 Å². The molecule has 0 bridgehead atoms. The van der Waals surface area contributed by atoms with E-state index >= 15 is 0 Å². The number of aromatic nitrogens is 1. The smallest absolute Gasteiger partial charge is 0.128 e. The minimum atomic E-state index is 0.297. The minimum absolute atomic E-state index is 0.297. The van der Waals surface area contributed by atoms with Crippen LogP contribution in [0.5, 0.6) is 0 Å². The lowest BCUT2D eigenvalue weighted by molar-refractivity contribution is 0.0749. The molecular weight excluding hydrogens is 228 g/mol. The van der Waals surface area contributed by atoms with Crippen molar-refractivity contribution in [2.45, 2.75) is 13.0 Å². The van der Waals surface area contributed by atoms with Gasteiger partial charge in [-0.3, -0.25) is 4.90 Å². The van der Waals surface area contributed by atoms with E-state index in [2.05, 4.69) is 21.7 Å². The van der Waals surface area contributed by atoms with E-state index in [0.717, 1.165) is 38.5 Å². The first kappa shape index (κ1) is 13.1. The maximum Gasteiger partial charge on any atom is 0.128 e. The van der Waals surface area contributed by atoms with E-state index < -0.39 is 0 Å². The van der Waals surface area contributed by atoms with Crippen LogP contribution < -0.4 is 10.6 Å². The molecule has 0 saturated carbocycles. The van der Waals surface area contributed by atoms with Crippen molar-refractivity contribution >= 4 is 11.5 Å². The molecule has 1 unspecified atom stereocenters. The molecule has 0 spiro atoms. The lowest BCUT2D eigenvalue weighted by Gasteiger charge is -2.36. The van der Waals surface area contributed by atoms with E-state index in [0.29, 0.717) is 11.8 Å². The molecule has 0 aromatic carbocycles. The fourth-order valence-corrected chi connectivity index (χ4v) is 2.18. The SMILES string of the molecule is COC(C)CN1CCN(c2ccc(N)cn2)CC1. The first-order chi connectivity index (χ1) is 8.69. The van der Waals surface area contributed by atoms with Gasteiger partial charge in [0, 0.05) is 39.8 Å². The molecule has 5 nitrogen and oxygen atoms in total. The van der Waals surface area contributed by atoms with E-state index in [1.54, 1.807) is 13.3 Å². The van der Waals surface area contributed by atoms with Crippen LogP contribution in [0.25, 0.3) is 0 Å². The summed E-state index contributed by atoms with van der Waals surface area (Å²) in [4.78, 5) is 9.09. The van der Waals surface area contributed by atoms with Crippen LogP contribution in [0.4, 0.5) is 11.5 Å². The highest BCUT2D eigenvalue weighted by Crippen LogP contribution is 2.14. The quantitative estimate of drug-likeness (QED) is 0.857. The number of hydrogen-bond donors (Lipinski definition) is 1. The van der Waals surface area contributed by atoms with Crippen LogP contribution in [0.15, 0.2) is 18.3 Å². The van der Waals surface area contributed by atoms with Crippen LogP contribution in [0, 0.1) is 0 Å². The third-order valence-electron chi connectivity index (χ3n) is 3.38. The molecule has 100 valence electrons. The van der Waals surface area contributed by atoms with Crippen molar-refractivity contribution in [3.05, 3.63) is 18.3 Å². The van der Waals surface area contributed by atoms with Crippen molar-refractivity contribution in [3.8, 4) is 0 Å². The number of ether oxygens (including phenoxy) is 1. The van der Waals surface area contributed by atoms with Crippen molar-refractivity contribution in [3.63, 3.8) is 0 Å². The highest BCUT2D eigenvalue weighted by Gasteiger charge is 2.19. The van der Waals surface area contributed by atoms with Gasteiger partial charge >= 0.3 is 0 Å². The summed E-state index contributed by atoms with van der Waals surface area (Å²) in [6.07, 6.45) is 2.01. The number of rotatable bonds is 4. The molecule has 1 aliphatic rings. The Morgan fingerprint density at radius 2 is 2.06 bits per heavy atom. The van der Waals surface area contributed by atoms with Crippen molar-refractivity contribution < 1.29 is 4.74 Å². The monoisotopic (exact) mass is 250 g/mol. The topological polar surface area (TPSA) is 54.6 Å². The van der Waals surface area contributed by atoms with Crippen molar-refractivity contribution in [1.82, 2.24) is 9.88 Å². The van der Waals surface area contributed by atoms with Gasteiger partial charge in [0.05, 0.1) is 18.0 Å². The zero-order valence-corrected chi connectivity index (χ0v) is 11.2. The second-order valence-electron chi connectivity index (χ2n) is 4.78. The molecule has 2 rings (SSSR count). The number of methoxy groups -OCH3 is 1. The highest BCUT2D eigenvalue weighted by atomic mass is 16.5. The van der Waals surface area contributed by atoms with E-state index in [1.165, 1.54) is 0 Å². The fourth-order valence-electron chi connectivity index (χ4n) is 2.18. The van der Waals surface area contributed by atoms with E-state index in [4.69, 9.17) is 10.5 Å². The molecular formula is C13H22N4O. The van der Waals surface area contributed by atoms with Gasteiger partial charge in [0.2, 0.25) is 0 Å². The summed E-state index contributed by atoms with van der Waals surface area (Å²) < 4.78 is 5.30. The standard InChI is InChI=1S/C13H22N4O/c1-11(18-2)10-16-5-7-17(8-6-16)13-4-3-12(14)9-15-13/h3-4,9,11H,5-8,10,14H2,1-2H3. The van der Waals surface area contributed by atoms with Gasteiger partial charge in [-0.1, -0.05) is 0 Å². The molecule has 1 aliphatic heterocycles. The zero-order valence-electron chi connectivity index (χ0n) is 11.2.